The number of carbonyl (C=O) groups excluding carboxylic acids is 1. The topological polar surface area (TPSA) is 47.8 Å². The lowest BCUT2D eigenvalue weighted by Crippen LogP contribution is -1.98. The van der Waals surface area contributed by atoms with Crippen molar-refractivity contribution in [2.75, 3.05) is 0 Å². The molecule has 0 aliphatic heterocycles. The zero-order valence-electron chi connectivity index (χ0n) is 8.56. The van der Waals surface area contributed by atoms with E-state index in [1.807, 2.05) is 31.4 Å². The summed E-state index contributed by atoms with van der Waals surface area (Å²) in [6.07, 6.45) is 3.50. The van der Waals surface area contributed by atoms with Gasteiger partial charge in [-0.2, -0.15) is 5.10 Å². The molecule has 4 heteroatoms. The molecular weight excluding hydrogens is 190 g/mol. The Hall–Kier alpha value is -1.97. The second-order valence-corrected chi connectivity index (χ2v) is 3.30. The summed E-state index contributed by atoms with van der Waals surface area (Å²) < 4.78 is 1.49. The molecule has 1 radical (unpaired) electrons. The summed E-state index contributed by atoms with van der Waals surface area (Å²) in [5, 5.41) is 4.01. The van der Waals surface area contributed by atoms with E-state index in [1.165, 1.54) is 4.68 Å². The molecule has 2 rings (SSSR count). The van der Waals surface area contributed by atoms with E-state index in [0.717, 1.165) is 17.0 Å². The Morgan fingerprint density at radius 1 is 1.40 bits per heavy atom. The smallest absolute Gasteiger partial charge is 0.253 e. The van der Waals surface area contributed by atoms with Crippen LogP contribution in [0.5, 0.6) is 0 Å². The van der Waals surface area contributed by atoms with Crippen molar-refractivity contribution in [2.24, 2.45) is 7.05 Å². The molecule has 0 unspecified atom stereocenters. The normalized spacial score (nSPS) is 10.3. The highest BCUT2D eigenvalue weighted by Crippen LogP contribution is 2.19. The maximum Gasteiger partial charge on any atom is 0.253 e. The lowest BCUT2D eigenvalue weighted by Gasteiger charge is -1.99. The minimum atomic E-state index is 0.424. The zero-order valence-corrected chi connectivity index (χ0v) is 8.56. The van der Waals surface area contributed by atoms with Crippen molar-refractivity contribution >= 4 is 6.29 Å². The van der Waals surface area contributed by atoms with Gasteiger partial charge in [0.15, 0.2) is 0 Å². The van der Waals surface area contributed by atoms with Gasteiger partial charge in [0.05, 0.1) is 11.9 Å². The molecule has 0 aliphatic carbocycles. The first-order valence-corrected chi connectivity index (χ1v) is 4.56. The Morgan fingerprint density at radius 2 is 2.20 bits per heavy atom. The van der Waals surface area contributed by atoms with Crippen LogP contribution in [0.4, 0.5) is 0 Å². The zero-order chi connectivity index (χ0) is 10.8. The molecule has 75 valence electrons. The number of rotatable bonds is 2. The van der Waals surface area contributed by atoms with Crippen LogP contribution < -0.4 is 0 Å². The molecule has 0 spiro atoms. The van der Waals surface area contributed by atoms with Gasteiger partial charge in [-0.05, 0) is 19.1 Å². The lowest BCUT2D eigenvalue weighted by molar-refractivity contribution is 0.558. The van der Waals surface area contributed by atoms with Gasteiger partial charge in [-0.25, -0.2) is 0 Å². The molecule has 0 bridgehead atoms. The van der Waals surface area contributed by atoms with Gasteiger partial charge in [0.1, 0.15) is 5.69 Å². The lowest BCUT2D eigenvalue weighted by atomic mass is 10.1. The van der Waals surface area contributed by atoms with Crippen LogP contribution in [0.25, 0.3) is 11.3 Å². The van der Waals surface area contributed by atoms with Crippen LogP contribution in [0.2, 0.25) is 0 Å². The summed E-state index contributed by atoms with van der Waals surface area (Å²) in [5.74, 6) is 0. The Labute approximate surface area is 87.6 Å². The van der Waals surface area contributed by atoms with Crippen LogP contribution in [0.15, 0.2) is 24.4 Å². The summed E-state index contributed by atoms with van der Waals surface area (Å²) in [6, 6.07) is 5.66. The molecule has 0 amide bonds. The van der Waals surface area contributed by atoms with Crippen molar-refractivity contribution in [1.29, 1.82) is 0 Å². The first-order valence-electron chi connectivity index (χ1n) is 4.56. The van der Waals surface area contributed by atoms with E-state index < -0.39 is 0 Å². The molecule has 0 fully saturated rings. The van der Waals surface area contributed by atoms with Crippen molar-refractivity contribution in [2.45, 2.75) is 6.92 Å². The van der Waals surface area contributed by atoms with E-state index in [4.69, 9.17) is 0 Å². The number of pyridine rings is 1. The number of hydrogen-bond acceptors (Lipinski definition) is 3. The first kappa shape index (κ1) is 9.58. The fourth-order valence-corrected chi connectivity index (χ4v) is 1.44. The largest absolute Gasteiger partial charge is 0.283 e. The Balaban J connectivity index is 2.58. The van der Waals surface area contributed by atoms with Gasteiger partial charge in [0.25, 0.3) is 6.29 Å². The van der Waals surface area contributed by atoms with Crippen LogP contribution >= 0.6 is 0 Å². The van der Waals surface area contributed by atoms with E-state index in [0.29, 0.717) is 5.69 Å². The maximum atomic E-state index is 10.8. The molecule has 2 aromatic heterocycles. The van der Waals surface area contributed by atoms with Gasteiger partial charge in [-0.15, -0.1) is 0 Å². The number of hydrogen-bond donors (Lipinski definition) is 0. The van der Waals surface area contributed by atoms with Gasteiger partial charge >= 0.3 is 0 Å². The fraction of sp³-hybridized carbons (Fsp3) is 0.182. The number of aromatic nitrogens is 3. The molecule has 2 heterocycles. The van der Waals surface area contributed by atoms with Crippen molar-refractivity contribution in [3.63, 3.8) is 0 Å². The van der Waals surface area contributed by atoms with Crippen LogP contribution in [-0.4, -0.2) is 21.1 Å². The SMILES string of the molecule is Cc1cccc(-c2cnn(C)c2[C]=O)n1. The highest BCUT2D eigenvalue weighted by Gasteiger charge is 2.11. The van der Waals surface area contributed by atoms with Crippen molar-refractivity contribution < 1.29 is 4.79 Å². The third-order valence-electron chi connectivity index (χ3n) is 2.20. The minimum absolute atomic E-state index is 0.424. The predicted octanol–water partition coefficient (Wildman–Crippen LogP) is 1.25. The van der Waals surface area contributed by atoms with Crippen LogP contribution in [0, 0.1) is 6.92 Å². The van der Waals surface area contributed by atoms with Crippen molar-refractivity contribution in [3.05, 3.63) is 35.8 Å². The van der Waals surface area contributed by atoms with Crippen LogP contribution in [0.1, 0.15) is 11.4 Å². The monoisotopic (exact) mass is 200 g/mol. The summed E-state index contributed by atoms with van der Waals surface area (Å²) in [6.45, 7) is 1.91. The summed E-state index contributed by atoms with van der Waals surface area (Å²) >= 11 is 0. The first-order chi connectivity index (χ1) is 7.22. The number of aryl methyl sites for hydroxylation is 2. The van der Waals surface area contributed by atoms with Gasteiger partial charge in [0.2, 0.25) is 0 Å². The van der Waals surface area contributed by atoms with Crippen molar-refractivity contribution in [1.82, 2.24) is 14.8 Å². The second kappa shape index (κ2) is 3.65. The molecule has 0 saturated heterocycles. The minimum Gasteiger partial charge on any atom is -0.283 e. The van der Waals surface area contributed by atoms with Gasteiger partial charge in [-0.3, -0.25) is 14.5 Å². The molecule has 0 N–H and O–H groups in total. The average Bonchev–Trinajstić information content (AvgIpc) is 2.59. The summed E-state index contributed by atoms with van der Waals surface area (Å²) in [5.41, 5.74) is 2.80. The molecule has 2 aromatic rings. The molecule has 0 aromatic carbocycles. The second-order valence-electron chi connectivity index (χ2n) is 3.30. The molecule has 0 saturated carbocycles. The van der Waals surface area contributed by atoms with E-state index in [1.54, 1.807) is 13.2 Å². The molecule has 0 atom stereocenters. The quantitative estimate of drug-likeness (QED) is 0.733. The Kier molecular flexibility index (Phi) is 2.33. The molecule has 0 aliphatic rings. The Bertz CT molecular complexity index is 502. The molecule has 15 heavy (non-hydrogen) atoms. The third-order valence-corrected chi connectivity index (χ3v) is 2.20. The number of nitrogens with zero attached hydrogens (tertiary/aromatic N) is 3. The van der Waals surface area contributed by atoms with E-state index in [2.05, 4.69) is 10.1 Å². The van der Waals surface area contributed by atoms with Crippen LogP contribution in [0.3, 0.4) is 0 Å². The van der Waals surface area contributed by atoms with Gasteiger partial charge in [-0.1, -0.05) is 6.07 Å². The average molecular weight is 200 g/mol. The van der Waals surface area contributed by atoms with Gasteiger partial charge < -0.3 is 0 Å². The van der Waals surface area contributed by atoms with E-state index >= 15 is 0 Å². The summed E-state index contributed by atoms with van der Waals surface area (Å²) in [4.78, 5) is 15.1. The van der Waals surface area contributed by atoms with Crippen molar-refractivity contribution in [3.8, 4) is 11.3 Å². The van der Waals surface area contributed by atoms with E-state index in [-0.39, 0.29) is 0 Å². The highest BCUT2D eigenvalue weighted by atomic mass is 16.1. The fourth-order valence-electron chi connectivity index (χ4n) is 1.44. The third kappa shape index (κ3) is 1.66. The molecule has 4 nitrogen and oxygen atoms in total. The summed E-state index contributed by atoms with van der Waals surface area (Å²) in [7, 11) is 1.71. The standard InChI is InChI=1S/C11H10N3O/c1-8-4-3-5-10(13-8)9-6-12-14(2)11(9)7-15/h3-6H,1-2H3. The Morgan fingerprint density at radius 3 is 2.87 bits per heavy atom. The highest BCUT2D eigenvalue weighted by molar-refractivity contribution is 5.84. The van der Waals surface area contributed by atoms with Gasteiger partial charge in [0, 0.05) is 18.3 Å². The predicted molar refractivity (Wildman–Crippen MR) is 56.0 cm³/mol. The van der Waals surface area contributed by atoms with Crippen LogP contribution in [-0.2, 0) is 11.8 Å². The molecular formula is C11H10N3O. The maximum absolute atomic E-state index is 10.8. The van der Waals surface area contributed by atoms with E-state index in [9.17, 15) is 4.79 Å².